The molecule has 16 heavy (non-hydrogen) atoms. The average Bonchev–Trinajstić information content (AvgIpc) is 2.53. The lowest BCUT2D eigenvalue weighted by Gasteiger charge is -2.49. The highest BCUT2D eigenvalue weighted by atomic mass is 16.8. The van der Waals surface area contributed by atoms with Crippen LogP contribution in [0.2, 0.25) is 0 Å². The van der Waals surface area contributed by atoms with E-state index in [1.165, 1.54) is 0 Å². The molecule has 0 bridgehead atoms. The van der Waals surface area contributed by atoms with E-state index in [2.05, 4.69) is 0 Å². The number of rotatable bonds is 2. The Labute approximate surface area is 96.2 Å². The van der Waals surface area contributed by atoms with Gasteiger partial charge in [-0.1, -0.05) is 13.8 Å². The first-order valence-electron chi connectivity index (χ1n) is 5.80. The zero-order valence-corrected chi connectivity index (χ0v) is 10.6. The molecule has 0 N–H and O–H groups in total. The van der Waals surface area contributed by atoms with E-state index >= 15 is 0 Å². The molecule has 0 aliphatic carbocycles. The normalized spacial score (nSPS) is 42.0. The number of carbonyl (C=O) groups excluding carboxylic acids is 1. The highest BCUT2D eigenvalue weighted by Crippen LogP contribution is 2.46. The minimum atomic E-state index is -0.565. The second-order valence-electron chi connectivity index (χ2n) is 5.63. The van der Waals surface area contributed by atoms with Crippen molar-refractivity contribution >= 4 is 5.97 Å². The summed E-state index contributed by atoms with van der Waals surface area (Å²) in [5, 5.41) is 0. The molecule has 0 aromatic rings. The zero-order valence-electron chi connectivity index (χ0n) is 10.6. The molecule has 0 aromatic carbocycles. The third-order valence-corrected chi connectivity index (χ3v) is 3.83. The fourth-order valence-corrected chi connectivity index (χ4v) is 2.31. The molecule has 2 aliphatic heterocycles. The quantitative estimate of drug-likeness (QED) is 0.675. The Morgan fingerprint density at radius 2 is 1.94 bits per heavy atom. The van der Waals surface area contributed by atoms with Crippen LogP contribution in [0.25, 0.3) is 0 Å². The first kappa shape index (κ1) is 11.9. The van der Waals surface area contributed by atoms with Crippen LogP contribution in [-0.4, -0.2) is 30.6 Å². The van der Waals surface area contributed by atoms with Crippen LogP contribution < -0.4 is 0 Å². The summed E-state index contributed by atoms with van der Waals surface area (Å²) in [4.78, 5) is 11.6. The minimum absolute atomic E-state index is 0.124. The van der Waals surface area contributed by atoms with Gasteiger partial charge in [0.25, 0.3) is 0 Å². The maximum absolute atomic E-state index is 11.6. The molecule has 92 valence electrons. The Morgan fingerprint density at radius 3 is 2.31 bits per heavy atom. The summed E-state index contributed by atoms with van der Waals surface area (Å²) in [6.07, 6.45) is -0.318. The largest absolute Gasteiger partial charge is 0.458 e. The van der Waals surface area contributed by atoms with Crippen molar-refractivity contribution in [3.8, 4) is 0 Å². The number of esters is 1. The summed E-state index contributed by atoms with van der Waals surface area (Å²) in [6, 6.07) is 0. The Bertz CT molecular complexity index is 310. The van der Waals surface area contributed by atoms with Crippen molar-refractivity contribution in [3.05, 3.63) is 0 Å². The molecule has 0 radical (unpaired) electrons. The van der Waals surface area contributed by atoms with Crippen molar-refractivity contribution in [1.82, 2.24) is 0 Å². The molecule has 0 spiro atoms. The molecule has 2 saturated heterocycles. The number of hydrogen-bond acceptors (Lipinski definition) is 4. The maximum atomic E-state index is 11.6. The summed E-state index contributed by atoms with van der Waals surface area (Å²) < 4.78 is 16.5. The minimum Gasteiger partial charge on any atom is -0.458 e. The second-order valence-corrected chi connectivity index (χ2v) is 5.63. The highest BCUT2D eigenvalue weighted by molar-refractivity contribution is 5.83. The van der Waals surface area contributed by atoms with Crippen LogP contribution in [0.3, 0.4) is 0 Å². The molecule has 4 heteroatoms. The molecular weight excluding hydrogens is 208 g/mol. The first-order valence-corrected chi connectivity index (χ1v) is 5.80. The van der Waals surface area contributed by atoms with Crippen molar-refractivity contribution in [2.24, 2.45) is 11.3 Å². The molecule has 4 nitrogen and oxygen atoms in total. The van der Waals surface area contributed by atoms with Crippen LogP contribution in [0.4, 0.5) is 0 Å². The van der Waals surface area contributed by atoms with Crippen molar-refractivity contribution in [1.29, 1.82) is 0 Å². The molecule has 1 unspecified atom stereocenters. The SMILES string of the molecule is CC(C)C1(C)C(=O)O[C@@H]1[C@H]1COC(C)(C)O1. The topological polar surface area (TPSA) is 44.8 Å². The van der Waals surface area contributed by atoms with Gasteiger partial charge in [-0.2, -0.15) is 0 Å². The molecule has 0 aromatic heterocycles. The van der Waals surface area contributed by atoms with Gasteiger partial charge in [-0.25, -0.2) is 0 Å². The summed E-state index contributed by atoms with van der Waals surface area (Å²) >= 11 is 0. The summed E-state index contributed by atoms with van der Waals surface area (Å²) in [5.41, 5.74) is -0.436. The van der Waals surface area contributed by atoms with Crippen molar-refractivity contribution < 1.29 is 19.0 Å². The van der Waals surface area contributed by atoms with Gasteiger partial charge in [-0.05, 0) is 26.7 Å². The third kappa shape index (κ3) is 1.55. The van der Waals surface area contributed by atoms with Gasteiger partial charge in [0.05, 0.1) is 6.61 Å². The highest BCUT2D eigenvalue weighted by Gasteiger charge is 2.61. The molecule has 2 fully saturated rings. The monoisotopic (exact) mass is 228 g/mol. The van der Waals surface area contributed by atoms with Crippen molar-refractivity contribution in [2.75, 3.05) is 6.61 Å². The van der Waals surface area contributed by atoms with Gasteiger partial charge in [-0.15, -0.1) is 0 Å². The van der Waals surface area contributed by atoms with E-state index in [1.807, 2.05) is 34.6 Å². The van der Waals surface area contributed by atoms with E-state index in [0.717, 1.165) is 0 Å². The Kier molecular flexibility index (Phi) is 2.55. The Balaban J connectivity index is 2.10. The molecular formula is C12H20O4. The van der Waals surface area contributed by atoms with Gasteiger partial charge in [0, 0.05) is 0 Å². The summed E-state index contributed by atoms with van der Waals surface area (Å²) in [6.45, 7) is 10.3. The molecule has 0 amide bonds. The molecule has 2 rings (SSSR count). The van der Waals surface area contributed by atoms with Crippen LogP contribution in [0, 0.1) is 11.3 Å². The summed E-state index contributed by atoms with van der Waals surface area (Å²) in [5.74, 6) is -0.447. The third-order valence-electron chi connectivity index (χ3n) is 3.83. The standard InChI is InChI=1S/C12H20O4/c1-7(2)12(5)9(15-10(12)13)8-6-14-11(3,4)16-8/h7-9H,6H2,1-5H3/t8-,9-,12?/m1/s1. The average molecular weight is 228 g/mol. The van der Waals surface area contributed by atoms with Crippen LogP contribution in [0.5, 0.6) is 0 Å². The number of cyclic esters (lactones) is 1. The van der Waals surface area contributed by atoms with E-state index in [1.54, 1.807) is 0 Å². The van der Waals surface area contributed by atoms with Gasteiger partial charge < -0.3 is 14.2 Å². The van der Waals surface area contributed by atoms with Crippen LogP contribution >= 0.6 is 0 Å². The second kappa shape index (κ2) is 3.44. The van der Waals surface area contributed by atoms with E-state index in [9.17, 15) is 4.79 Å². The van der Waals surface area contributed by atoms with Crippen molar-refractivity contribution in [3.63, 3.8) is 0 Å². The lowest BCUT2D eigenvalue weighted by molar-refractivity contribution is -0.238. The zero-order chi connectivity index (χ0) is 12.1. The fourth-order valence-electron chi connectivity index (χ4n) is 2.31. The van der Waals surface area contributed by atoms with Gasteiger partial charge >= 0.3 is 5.97 Å². The van der Waals surface area contributed by atoms with Gasteiger partial charge in [-0.3, -0.25) is 4.79 Å². The van der Waals surface area contributed by atoms with Crippen LogP contribution in [-0.2, 0) is 19.0 Å². The fraction of sp³-hybridized carbons (Fsp3) is 0.917. The van der Waals surface area contributed by atoms with Gasteiger partial charge in [0.1, 0.15) is 17.6 Å². The van der Waals surface area contributed by atoms with Crippen LogP contribution in [0.15, 0.2) is 0 Å². The molecule has 2 aliphatic rings. The molecule has 0 saturated carbocycles. The van der Waals surface area contributed by atoms with Gasteiger partial charge in [0.15, 0.2) is 5.79 Å². The predicted molar refractivity (Wildman–Crippen MR) is 57.7 cm³/mol. The Morgan fingerprint density at radius 1 is 1.31 bits per heavy atom. The molecule has 2 heterocycles. The molecule has 3 atom stereocenters. The van der Waals surface area contributed by atoms with E-state index in [0.29, 0.717) is 6.61 Å². The Hall–Kier alpha value is -0.610. The van der Waals surface area contributed by atoms with E-state index < -0.39 is 11.2 Å². The van der Waals surface area contributed by atoms with Crippen molar-refractivity contribution in [2.45, 2.75) is 52.6 Å². The van der Waals surface area contributed by atoms with E-state index in [-0.39, 0.29) is 24.1 Å². The van der Waals surface area contributed by atoms with E-state index in [4.69, 9.17) is 14.2 Å². The lowest BCUT2D eigenvalue weighted by Crippen LogP contribution is -2.63. The van der Waals surface area contributed by atoms with Gasteiger partial charge in [0.2, 0.25) is 0 Å². The lowest BCUT2D eigenvalue weighted by atomic mass is 9.69. The maximum Gasteiger partial charge on any atom is 0.316 e. The summed E-state index contributed by atoms with van der Waals surface area (Å²) in [7, 11) is 0. The predicted octanol–water partition coefficient (Wildman–Crippen LogP) is 1.73. The number of ether oxygens (including phenoxy) is 3. The smallest absolute Gasteiger partial charge is 0.316 e. The van der Waals surface area contributed by atoms with Crippen LogP contribution in [0.1, 0.15) is 34.6 Å². The number of hydrogen-bond donors (Lipinski definition) is 0. The number of carbonyl (C=O) groups is 1. The first-order chi connectivity index (χ1) is 7.27.